The molecule has 0 heterocycles. The topological polar surface area (TPSA) is 15.3 Å². The van der Waals surface area contributed by atoms with Crippen molar-refractivity contribution in [3.05, 3.63) is 34.6 Å². The highest BCUT2D eigenvalue weighted by atomic mass is 35.5. The Hall–Kier alpha value is -0.640. The molecule has 0 spiro atoms. The molecular formula is C14H20ClFN2. The molecule has 1 atom stereocenters. The van der Waals surface area contributed by atoms with Gasteiger partial charge in [0, 0.05) is 25.2 Å². The van der Waals surface area contributed by atoms with Gasteiger partial charge in [0.15, 0.2) is 0 Å². The maximum Gasteiger partial charge on any atom is 0.141 e. The maximum atomic E-state index is 13.1. The van der Waals surface area contributed by atoms with E-state index in [2.05, 4.69) is 24.2 Å². The van der Waals surface area contributed by atoms with Crippen molar-refractivity contribution >= 4 is 11.6 Å². The van der Waals surface area contributed by atoms with E-state index in [0.717, 1.165) is 24.7 Å². The molecule has 0 aromatic heterocycles. The summed E-state index contributed by atoms with van der Waals surface area (Å²) < 4.78 is 13.1. The molecule has 2 rings (SSSR count). The van der Waals surface area contributed by atoms with Gasteiger partial charge in [0.05, 0.1) is 5.02 Å². The highest BCUT2D eigenvalue weighted by Gasteiger charge is 2.25. The zero-order valence-corrected chi connectivity index (χ0v) is 11.7. The Morgan fingerprint density at radius 2 is 2.22 bits per heavy atom. The molecule has 0 aliphatic heterocycles. The van der Waals surface area contributed by atoms with Crippen molar-refractivity contribution in [3.63, 3.8) is 0 Å². The van der Waals surface area contributed by atoms with Gasteiger partial charge in [-0.25, -0.2) is 4.39 Å². The van der Waals surface area contributed by atoms with E-state index in [1.165, 1.54) is 18.9 Å². The second kappa shape index (κ2) is 6.00. The molecule has 1 aromatic rings. The zero-order chi connectivity index (χ0) is 13.1. The second-order valence-corrected chi connectivity index (χ2v) is 5.47. The molecule has 2 nitrogen and oxygen atoms in total. The molecule has 18 heavy (non-hydrogen) atoms. The number of halogens is 2. The van der Waals surface area contributed by atoms with E-state index < -0.39 is 0 Å². The van der Waals surface area contributed by atoms with Crippen LogP contribution in [0.4, 0.5) is 4.39 Å². The lowest BCUT2D eigenvalue weighted by atomic mass is 10.1. The number of nitrogens with zero attached hydrogens (tertiary/aromatic N) is 1. The molecule has 1 N–H and O–H groups in total. The minimum Gasteiger partial charge on any atom is -0.309 e. The molecule has 1 aliphatic carbocycles. The normalized spacial score (nSPS) is 17.2. The van der Waals surface area contributed by atoms with Gasteiger partial charge in [-0.15, -0.1) is 0 Å². The third-order valence-corrected chi connectivity index (χ3v) is 3.82. The van der Waals surface area contributed by atoms with Crippen molar-refractivity contribution < 1.29 is 4.39 Å². The number of hydrogen-bond acceptors (Lipinski definition) is 2. The molecule has 0 bridgehead atoms. The number of nitrogens with one attached hydrogen (secondary N) is 1. The van der Waals surface area contributed by atoms with Crippen molar-refractivity contribution in [1.29, 1.82) is 0 Å². The Morgan fingerprint density at radius 1 is 1.50 bits per heavy atom. The van der Waals surface area contributed by atoms with Gasteiger partial charge in [-0.2, -0.15) is 0 Å². The van der Waals surface area contributed by atoms with Gasteiger partial charge < -0.3 is 10.2 Å². The van der Waals surface area contributed by atoms with Crippen LogP contribution in [0.2, 0.25) is 5.02 Å². The highest BCUT2D eigenvalue weighted by Crippen LogP contribution is 2.25. The van der Waals surface area contributed by atoms with Gasteiger partial charge in [-0.1, -0.05) is 17.7 Å². The van der Waals surface area contributed by atoms with E-state index in [9.17, 15) is 4.39 Å². The van der Waals surface area contributed by atoms with Gasteiger partial charge in [0.1, 0.15) is 5.82 Å². The van der Waals surface area contributed by atoms with Gasteiger partial charge in [-0.3, -0.25) is 0 Å². The van der Waals surface area contributed by atoms with Crippen LogP contribution in [0.5, 0.6) is 0 Å². The van der Waals surface area contributed by atoms with Gasteiger partial charge in [-0.05, 0) is 44.5 Å². The Kier molecular flexibility index (Phi) is 4.60. The number of benzene rings is 1. The molecule has 4 heteroatoms. The largest absolute Gasteiger partial charge is 0.309 e. The molecule has 1 fully saturated rings. The van der Waals surface area contributed by atoms with Crippen molar-refractivity contribution in [2.24, 2.45) is 0 Å². The lowest BCUT2D eigenvalue weighted by molar-refractivity contribution is 0.316. The fourth-order valence-corrected chi connectivity index (χ4v) is 2.24. The molecule has 0 amide bonds. The van der Waals surface area contributed by atoms with Crippen LogP contribution in [-0.4, -0.2) is 31.1 Å². The zero-order valence-electron chi connectivity index (χ0n) is 10.9. The molecule has 1 unspecified atom stereocenters. The summed E-state index contributed by atoms with van der Waals surface area (Å²) >= 11 is 5.78. The Labute approximate surface area is 113 Å². The van der Waals surface area contributed by atoms with Crippen LogP contribution in [-0.2, 0) is 0 Å². The summed E-state index contributed by atoms with van der Waals surface area (Å²) in [5, 5.41) is 3.63. The van der Waals surface area contributed by atoms with Crippen LogP contribution in [0, 0.1) is 5.82 Å². The number of hydrogen-bond donors (Lipinski definition) is 1. The molecule has 1 aromatic carbocycles. The third kappa shape index (κ3) is 3.67. The summed E-state index contributed by atoms with van der Waals surface area (Å²) in [7, 11) is 2.17. The quantitative estimate of drug-likeness (QED) is 0.854. The second-order valence-electron chi connectivity index (χ2n) is 5.06. The van der Waals surface area contributed by atoms with Crippen LogP contribution in [0.3, 0.4) is 0 Å². The fraction of sp³-hybridized carbons (Fsp3) is 0.571. The molecule has 1 aliphatic rings. The number of rotatable bonds is 6. The van der Waals surface area contributed by atoms with E-state index in [0.29, 0.717) is 0 Å². The molecule has 0 saturated heterocycles. The van der Waals surface area contributed by atoms with E-state index in [1.807, 2.05) is 0 Å². The smallest absolute Gasteiger partial charge is 0.141 e. The van der Waals surface area contributed by atoms with Gasteiger partial charge in [0.25, 0.3) is 0 Å². The first-order valence-electron chi connectivity index (χ1n) is 6.46. The van der Waals surface area contributed by atoms with Crippen molar-refractivity contribution in [1.82, 2.24) is 10.2 Å². The van der Waals surface area contributed by atoms with Gasteiger partial charge in [0.2, 0.25) is 0 Å². The highest BCUT2D eigenvalue weighted by molar-refractivity contribution is 6.30. The Morgan fingerprint density at radius 3 is 2.83 bits per heavy atom. The SMILES string of the molecule is CC(NCCN(C)C1CC1)c1ccc(F)c(Cl)c1. The molecule has 0 radical (unpaired) electrons. The summed E-state index contributed by atoms with van der Waals surface area (Å²) in [6.07, 6.45) is 2.67. The minimum absolute atomic E-state index is 0.190. The molecule has 1 saturated carbocycles. The summed E-state index contributed by atoms with van der Waals surface area (Å²) in [6.45, 7) is 4.05. The van der Waals surface area contributed by atoms with Crippen LogP contribution in [0.1, 0.15) is 31.4 Å². The lowest BCUT2D eigenvalue weighted by Crippen LogP contribution is -2.31. The molecule has 100 valence electrons. The minimum atomic E-state index is -0.360. The summed E-state index contributed by atoms with van der Waals surface area (Å²) in [5.41, 5.74) is 1.02. The predicted molar refractivity (Wildman–Crippen MR) is 73.5 cm³/mol. The summed E-state index contributed by atoms with van der Waals surface area (Å²) in [6, 6.07) is 5.88. The van der Waals surface area contributed by atoms with Crippen LogP contribution in [0.25, 0.3) is 0 Å². The monoisotopic (exact) mass is 270 g/mol. The number of likely N-dealkylation sites (N-methyl/N-ethyl adjacent to an activating group) is 1. The third-order valence-electron chi connectivity index (χ3n) is 3.53. The van der Waals surface area contributed by atoms with Crippen LogP contribution >= 0.6 is 11.6 Å². The van der Waals surface area contributed by atoms with E-state index in [1.54, 1.807) is 12.1 Å². The summed E-state index contributed by atoms with van der Waals surface area (Å²) in [5.74, 6) is -0.360. The lowest BCUT2D eigenvalue weighted by Gasteiger charge is -2.19. The average molecular weight is 271 g/mol. The molecular weight excluding hydrogens is 251 g/mol. The van der Waals surface area contributed by atoms with Crippen LogP contribution in [0.15, 0.2) is 18.2 Å². The van der Waals surface area contributed by atoms with E-state index in [-0.39, 0.29) is 16.9 Å². The van der Waals surface area contributed by atoms with E-state index >= 15 is 0 Å². The maximum absolute atomic E-state index is 13.1. The first kappa shape index (κ1) is 13.8. The summed E-state index contributed by atoms with van der Waals surface area (Å²) in [4.78, 5) is 2.39. The Bertz CT molecular complexity index is 407. The van der Waals surface area contributed by atoms with E-state index in [4.69, 9.17) is 11.6 Å². The van der Waals surface area contributed by atoms with Crippen molar-refractivity contribution in [2.45, 2.75) is 31.8 Å². The van der Waals surface area contributed by atoms with Crippen molar-refractivity contribution in [3.8, 4) is 0 Å². The van der Waals surface area contributed by atoms with Crippen LogP contribution < -0.4 is 5.32 Å². The predicted octanol–water partition coefficient (Wildman–Crippen LogP) is 3.22. The Balaban J connectivity index is 1.79. The fourth-order valence-electron chi connectivity index (χ4n) is 2.05. The standard InChI is InChI=1S/C14H20ClFN2/c1-10(11-3-6-14(16)13(15)9-11)17-7-8-18(2)12-4-5-12/h3,6,9-10,12,17H,4-5,7-8H2,1-2H3. The first-order valence-corrected chi connectivity index (χ1v) is 6.84. The van der Waals surface area contributed by atoms with Gasteiger partial charge >= 0.3 is 0 Å². The average Bonchev–Trinajstić information content (AvgIpc) is 3.16. The first-order chi connectivity index (χ1) is 8.58. The van der Waals surface area contributed by atoms with Crippen molar-refractivity contribution in [2.75, 3.05) is 20.1 Å².